The van der Waals surface area contributed by atoms with E-state index in [1.165, 1.54) is 25.5 Å². The van der Waals surface area contributed by atoms with Crippen molar-refractivity contribution < 1.29 is 19.4 Å². The zero-order chi connectivity index (χ0) is 19.3. The fourth-order valence-corrected chi connectivity index (χ4v) is 2.79. The summed E-state index contributed by atoms with van der Waals surface area (Å²) in [6.45, 7) is 0. The SMILES string of the molecule is COc1cc(/C=N\NC(=O)C(=O)Nc2cccc(Cl)c2Cl)cc(I)c1O. The summed E-state index contributed by atoms with van der Waals surface area (Å²) in [5, 5.41) is 16.2. The molecular formula is C16H12Cl2IN3O4. The monoisotopic (exact) mass is 507 g/mol. The number of phenols is 1. The topological polar surface area (TPSA) is 100 Å². The molecule has 2 amide bonds. The number of carbonyl (C=O) groups is 2. The van der Waals surface area contributed by atoms with Crippen LogP contribution in [-0.2, 0) is 9.59 Å². The number of rotatable bonds is 4. The molecular weight excluding hydrogens is 496 g/mol. The van der Waals surface area contributed by atoms with Crippen LogP contribution < -0.4 is 15.5 Å². The van der Waals surface area contributed by atoms with Gasteiger partial charge in [-0.25, -0.2) is 5.43 Å². The lowest BCUT2D eigenvalue weighted by Crippen LogP contribution is -2.32. The summed E-state index contributed by atoms with van der Waals surface area (Å²) < 4.78 is 5.57. The minimum atomic E-state index is -0.988. The fraction of sp³-hybridized carbons (Fsp3) is 0.0625. The van der Waals surface area contributed by atoms with Crippen LogP contribution >= 0.6 is 45.8 Å². The van der Waals surface area contributed by atoms with E-state index in [0.29, 0.717) is 9.13 Å². The van der Waals surface area contributed by atoms with Crippen molar-refractivity contribution in [2.75, 3.05) is 12.4 Å². The maximum absolute atomic E-state index is 11.9. The Kier molecular flexibility index (Phi) is 7.06. The molecule has 0 radical (unpaired) electrons. The number of amides is 2. The molecule has 0 unspecified atom stereocenters. The number of hydrogen-bond donors (Lipinski definition) is 3. The minimum absolute atomic E-state index is 0.00654. The molecule has 0 aliphatic rings. The highest BCUT2D eigenvalue weighted by Gasteiger charge is 2.15. The van der Waals surface area contributed by atoms with Gasteiger partial charge in [-0.15, -0.1) is 0 Å². The number of carbonyl (C=O) groups excluding carboxylic acids is 2. The lowest BCUT2D eigenvalue weighted by Gasteiger charge is -2.07. The van der Waals surface area contributed by atoms with E-state index in [9.17, 15) is 14.7 Å². The summed E-state index contributed by atoms with van der Waals surface area (Å²) in [6.07, 6.45) is 1.31. The Labute approximate surface area is 172 Å². The van der Waals surface area contributed by atoms with Crippen molar-refractivity contribution >= 4 is 69.5 Å². The summed E-state index contributed by atoms with van der Waals surface area (Å²) in [4.78, 5) is 23.7. The highest BCUT2D eigenvalue weighted by Crippen LogP contribution is 2.32. The van der Waals surface area contributed by atoms with Crippen LogP contribution in [0.15, 0.2) is 35.4 Å². The van der Waals surface area contributed by atoms with E-state index in [0.717, 1.165) is 0 Å². The van der Waals surface area contributed by atoms with Crippen LogP contribution in [0.2, 0.25) is 10.0 Å². The first-order chi connectivity index (χ1) is 12.3. The van der Waals surface area contributed by atoms with E-state index in [1.807, 2.05) is 22.6 Å². The summed E-state index contributed by atoms with van der Waals surface area (Å²) in [5.74, 6) is -1.67. The Bertz CT molecular complexity index is 890. The van der Waals surface area contributed by atoms with Gasteiger partial charge in [0.05, 0.1) is 32.6 Å². The number of nitrogens with one attached hydrogen (secondary N) is 2. The van der Waals surface area contributed by atoms with Gasteiger partial charge in [-0.1, -0.05) is 29.3 Å². The zero-order valence-corrected chi connectivity index (χ0v) is 16.9. The maximum Gasteiger partial charge on any atom is 0.329 e. The van der Waals surface area contributed by atoms with Gasteiger partial charge in [0, 0.05) is 0 Å². The Morgan fingerprint density at radius 2 is 2.00 bits per heavy atom. The second-order valence-corrected chi connectivity index (χ2v) is 6.76. The number of methoxy groups -OCH3 is 1. The summed E-state index contributed by atoms with van der Waals surface area (Å²) in [5.41, 5.74) is 2.86. The second-order valence-electron chi connectivity index (χ2n) is 4.81. The van der Waals surface area contributed by atoms with E-state index in [4.69, 9.17) is 27.9 Å². The second kappa shape index (κ2) is 9.06. The van der Waals surface area contributed by atoms with Crippen molar-refractivity contribution in [1.29, 1.82) is 0 Å². The molecule has 2 rings (SSSR count). The zero-order valence-electron chi connectivity index (χ0n) is 13.2. The van der Waals surface area contributed by atoms with Crippen LogP contribution in [0.3, 0.4) is 0 Å². The number of hydrogen-bond acceptors (Lipinski definition) is 5. The number of hydrazone groups is 1. The predicted molar refractivity (Wildman–Crippen MR) is 108 cm³/mol. The molecule has 0 fully saturated rings. The first-order valence-electron chi connectivity index (χ1n) is 6.98. The van der Waals surface area contributed by atoms with Gasteiger partial charge in [0.15, 0.2) is 11.5 Å². The summed E-state index contributed by atoms with van der Waals surface area (Å²) in [6, 6.07) is 7.79. The minimum Gasteiger partial charge on any atom is -0.504 e. The molecule has 0 aliphatic carbocycles. The van der Waals surface area contributed by atoms with Gasteiger partial charge in [-0.05, 0) is 52.4 Å². The standard InChI is InChI=1S/C16H12Cl2IN3O4/c1-26-12-6-8(5-10(19)14(12)23)7-20-22-16(25)15(24)21-11-4-2-3-9(17)13(11)18/h2-7,23H,1H3,(H,21,24)(H,22,25)/b20-7-. The lowest BCUT2D eigenvalue weighted by atomic mass is 10.2. The molecule has 0 spiro atoms. The van der Waals surface area contributed by atoms with E-state index in [-0.39, 0.29) is 27.2 Å². The number of nitrogens with zero attached hydrogens (tertiary/aromatic N) is 1. The first kappa shape index (κ1) is 20.3. The van der Waals surface area contributed by atoms with Gasteiger partial charge in [0.1, 0.15) is 0 Å². The third-order valence-corrected chi connectivity index (χ3v) is 4.70. The molecule has 0 aromatic heterocycles. The number of benzene rings is 2. The molecule has 0 atom stereocenters. The van der Waals surface area contributed by atoms with Gasteiger partial charge in [0.2, 0.25) is 0 Å². The third-order valence-electron chi connectivity index (χ3n) is 3.06. The normalized spacial score (nSPS) is 10.6. The van der Waals surface area contributed by atoms with Crippen molar-refractivity contribution in [3.8, 4) is 11.5 Å². The summed E-state index contributed by atoms with van der Waals surface area (Å²) in [7, 11) is 1.42. The van der Waals surface area contributed by atoms with Crippen molar-refractivity contribution in [2.24, 2.45) is 5.10 Å². The van der Waals surface area contributed by atoms with Crippen LogP contribution in [0.5, 0.6) is 11.5 Å². The number of aromatic hydroxyl groups is 1. The van der Waals surface area contributed by atoms with Crippen LogP contribution in [0.1, 0.15) is 5.56 Å². The van der Waals surface area contributed by atoms with Gasteiger partial charge in [-0.3, -0.25) is 9.59 Å². The molecule has 3 N–H and O–H groups in total. The molecule has 0 aliphatic heterocycles. The molecule has 0 heterocycles. The average molecular weight is 508 g/mol. The molecule has 136 valence electrons. The van der Waals surface area contributed by atoms with Crippen LogP contribution in [0.25, 0.3) is 0 Å². The largest absolute Gasteiger partial charge is 0.504 e. The average Bonchev–Trinajstić information content (AvgIpc) is 2.61. The highest BCUT2D eigenvalue weighted by molar-refractivity contribution is 14.1. The van der Waals surface area contributed by atoms with E-state index in [1.54, 1.807) is 18.2 Å². The molecule has 0 bridgehead atoms. The smallest absolute Gasteiger partial charge is 0.329 e. The Morgan fingerprint density at radius 3 is 2.69 bits per heavy atom. The van der Waals surface area contributed by atoms with E-state index >= 15 is 0 Å². The highest BCUT2D eigenvalue weighted by atomic mass is 127. The first-order valence-corrected chi connectivity index (χ1v) is 8.82. The van der Waals surface area contributed by atoms with Crippen molar-refractivity contribution in [1.82, 2.24) is 5.43 Å². The molecule has 2 aromatic carbocycles. The van der Waals surface area contributed by atoms with Gasteiger partial charge < -0.3 is 15.2 Å². The molecule has 0 saturated heterocycles. The molecule has 10 heteroatoms. The molecule has 2 aromatic rings. The quantitative estimate of drug-likeness (QED) is 0.255. The molecule has 26 heavy (non-hydrogen) atoms. The Morgan fingerprint density at radius 1 is 1.27 bits per heavy atom. The van der Waals surface area contributed by atoms with Crippen molar-refractivity contribution in [3.05, 3.63) is 49.5 Å². The number of phenolic OH excluding ortho intramolecular Hbond substituents is 1. The molecule has 7 nitrogen and oxygen atoms in total. The van der Waals surface area contributed by atoms with Crippen LogP contribution in [-0.4, -0.2) is 30.2 Å². The molecule has 0 saturated carbocycles. The van der Waals surface area contributed by atoms with Crippen molar-refractivity contribution in [2.45, 2.75) is 0 Å². The van der Waals surface area contributed by atoms with Crippen molar-refractivity contribution in [3.63, 3.8) is 0 Å². The van der Waals surface area contributed by atoms with E-state index < -0.39 is 11.8 Å². The number of anilines is 1. The van der Waals surface area contributed by atoms with E-state index in [2.05, 4.69) is 15.8 Å². The van der Waals surface area contributed by atoms with Gasteiger partial charge in [0.25, 0.3) is 0 Å². The number of ether oxygens (including phenoxy) is 1. The van der Waals surface area contributed by atoms with Gasteiger partial charge in [-0.2, -0.15) is 5.10 Å². The van der Waals surface area contributed by atoms with Gasteiger partial charge >= 0.3 is 11.8 Å². The van der Waals surface area contributed by atoms with Crippen LogP contribution in [0, 0.1) is 3.57 Å². The predicted octanol–water partition coefficient (Wildman–Crippen LogP) is 3.40. The Hall–Kier alpha value is -2.04. The maximum atomic E-state index is 11.9. The number of halogens is 3. The lowest BCUT2D eigenvalue weighted by molar-refractivity contribution is -0.136. The summed E-state index contributed by atoms with van der Waals surface area (Å²) >= 11 is 13.7. The fourth-order valence-electron chi connectivity index (χ4n) is 1.82. The Balaban J connectivity index is 2.02. The van der Waals surface area contributed by atoms with Crippen LogP contribution in [0.4, 0.5) is 5.69 Å². The third kappa shape index (κ3) is 4.99.